The van der Waals surface area contributed by atoms with E-state index in [1.54, 1.807) is 29.2 Å². The van der Waals surface area contributed by atoms with Gasteiger partial charge in [0.1, 0.15) is 0 Å². The van der Waals surface area contributed by atoms with E-state index in [2.05, 4.69) is 4.98 Å². The van der Waals surface area contributed by atoms with Crippen LogP contribution >= 0.6 is 0 Å². The van der Waals surface area contributed by atoms with Gasteiger partial charge in [0.05, 0.1) is 5.56 Å². The minimum absolute atomic E-state index is 0.0969. The highest BCUT2D eigenvalue weighted by Gasteiger charge is 2.26. The highest BCUT2D eigenvalue weighted by Crippen LogP contribution is 2.28. The number of aromatic carboxylic acids is 1. The number of hydrogen-bond donors (Lipinski definition) is 2. The summed E-state index contributed by atoms with van der Waals surface area (Å²) in [6.07, 6.45) is 2.40. The van der Waals surface area contributed by atoms with Crippen molar-refractivity contribution in [3.63, 3.8) is 0 Å². The van der Waals surface area contributed by atoms with Crippen LogP contribution in [0, 0.1) is 0 Å². The number of nitrogens with one attached hydrogen (secondary N) is 1. The van der Waals surface area contributed by atoms with Crippen LogP contribution in [0.5, 0.6) is 0 Å². The van der Waals surface area contributed by atoms with Gasteiger partial charge in [-0.3, -0.25) is 9.59 Å². The predicted molar refractivity (Wildman–Crippen MR) is 97.7 cm³/mol. The molecule has 1 atom stereocenters. The molecule has 1 aliphatic heterocycles. The molecular weight excluding hydrogens is 332 g/mol. The van der Waals surface area contributed by atoms with Crippen molar-refractivity contribution in [1.82, 2.24) is 9.88 Å². The lowest BCUT2D eigenvalue weighted by molar-refractivity contribution is 0.0687. The summed E-state index contributed by atoms with van der Waals surface area (Å²) in [6, 6.07) is 9.98. The van der Waals surface area contributed by atoms with Crippen molar-refractivity contribution in [1.29, 1.82) is 0 Å². The highest BCUT2D eigenvalue weighted by molar-refractivity contribution is 5.94. The molecule has 2 aromatic rings. The zero-order valence-electron chi connectivity index (χ0n) is 14.7. The van der Waals surface area contributed by atoms with Gasteiger partial charge in [0.15, 0.2) is 0 Å². The van der Waals surface area contributed by atoms with Crippen LogP contribution in [-0.2, 0) is 6.42 Å². The van der Waals surface area contributed by atoms with Crippen LogP contribution < -0.4 is 5.56 Å². The van der Waals surface area contributed by atoms with Crippen LogP contribution in [0.15, 0.2) is 41.2 Å². The van der Waals surface area contributed by atoms with Gasteiger partial charge < -0.3 is 15.0 Å². The minimum Gasteiger partial charge on any atom is -0.478 e. The van der Waals surface area contributed by atoms with Gasteiger partial charge in [0.2, 0.25) is 5.56 Å². The topological polar surface area (TPSA) is 90.5 Å². The van der Waals surface area contributed by atoms with E-state index in [0.717, 1.165) is 24.1 Å². The number of aryl methyl sites for hydroxylation is 1. The van der Waals surface area contributed by atoms with Crippen LogP contribution in [0.2, 0.25) is 0 Å². The lowest BCUT2D eigenvalue weighted by Crippen LogP contribution is -2.39. The summed E-state index contributed by atoms with van der Waals surface area (Å²) in [5.74, 6) is -1.00. The molecule has 1 amide bonds. The number of nitrogens with zero attached hydrogens (tertiary/aromatic N) is 1. The molecule has 0 aliphatic carbocycles. The number of aromatic amines is 1. The van der Waals surface area contributed by atoms with Gasteiger partial charge in [0, 0.05) is 36.3 Å². The number of pyridine rings is 1. The number of benzene rings is 1. The number of rotatable bonds is 4. The van der Waals surface area contributed by atoms with Crippen molar-refractivity contribution in [2.75, 3.05) is 13.1 Å². The summed E-state index contributed by atoms with van der Waals surface area (Å²) in [5, 5.41) is 9.17. The van der Waals surface area contributed by atoms with Gasteiger partial charge in [-0.2, -0.15) is 0 Å². The second-order valence-corrected chi connectivity index (χ2v) is 6.63. The van der Waals surface area contributed by atoms with E-state index < -0.39 is 5.97 Å². The molecule has 6 nitrogen and oxygen atoms in total. The van der Waals surface area contributed by atoms with E-state index in [1.807, 2.05) is 13.0 Å². The van der Waals surface area contributed by atoms with Crippen molar-refractivity contribution < 1.29 is 14.7 Å². The third-order valence-corrected chi connectivity index (χ3v) is 4.84. The van der Waals surface area contributed by atoms with E-state index in [1.165, 1.54) is 6.07 Å². The normalized spacial score (nSPS) is 17.1. The number of carboxylic acid groups (broad SMARTS) is 1. The molecule has 0 saturated carbocycles. The van der Waals surface area contributed by atoms with Crippen LogP contribution in [0.4, 0.5) is 0 Å². The van der Waals surface area contributed by atoms with Gasteiger partial charge in [-0.05, 0) is 43.0 Å². The maximum atomic E-state index is 12.9. The summed E-state index contributed by atoms with van der Waals surface area (Å²) in [7, 11) is 0. The van der Waals surface area contributed by atoms with Gasteiger partial charge in [-0.1, -0.05) is 19.1 Å². The van der Waals surface area contributed by atoms with Gasteiger partial charge in [-0.25, -0.2) is 4.79 Å². The Morgan fingerprint density at radius 1 is 1.23 bits per heavy atom. The summed E-state index contributed by atoms with van der Waals surface area (Å²) < 4.78 is 0. The number of carbonyl (C=O) groups excluding carboxylic acids is 1. The monoisotopic (exact) mass is 354 g/mol. The van der Waals surface area contributed by atoms with E-state index in [4.69, 9.17) is 0 Å². The maximum Gasteiger partial charge on any atom is 0.335 e. The predicted octanol–water partition coefficient (Wildman–Crippen LogP) is 2.66. The minimum atomic E-state index is -0.953. The average Bonchev–Trinajstić information content (AvgIpc) is 2.67. The first-order valence-corrected chi connectivity index (χ1v) is 8.83. The Morgan fingerprint density at radius 3 is 2.77 bits per heavy atom. The smallest absolute Gasteiger partial charge is 0.335 e. The fourth-order valence-corrected chi connectivity index (χ4v) is 3.46. The highest BCUT2D eigenvalue weighted by atomic mass is 16.4. The van der Waals surface area contributed by atoms with Crippen molar-refractivity contribution in [2.45, 2.75) is 32.1 Å². The molecule has 1 aromatic heterocycles. The Bertz CT molecular complexity index is 887. The number of H-pyrrole nitrogens is 1. The molecule has 3 rings (SSSR count). The lowest BCUT2D eigenvalue weighted by atomic mass is 9.89. The number of aromatic nitrogens is 1. The molecule has 1 fully saturated rings. The molecular formula is C20H22N2O4. The van der Waals surface area contributed by atoms with E-state index in [9.17, 15) is 19.5 Å². The van der Waals surface area contributed by atoms with Crippen molar-refractivity contribution in [3.05, 3.63) is 69.1 Å². The first kappa shape index (κ1) is 17.9. The van der Waals surface area contributed by atoms with Crippen LogP contribution in [0.1, 0.15) is 57.7 Å². The Labute approximate surface area is 151 Å². The van der Waals surface area contributed by atoms with Crippen molar-refractivity contribution >= 4 is 11.9 Å². The van der Waals surface area contributed by atoms with E-state index in [-0.39, 0.29) is 22.9 Å². The summed E-state index contributed by atoms with van der Waals surface area (Å²) in [4.78, 5) is 40.3. The maximum absolute atomic E-state index is 12.9. The number of likely N-dealkylation sites (tertiary alicyclic amines) is 1. The second-order valence-electron chi connectivity index (χ2n) is 6.63. The molecule has 6 heteroatoms. The molecule has 26 heavy (non-hydrogen) atoms. The molecule has 0 unspecified atom stereocenters. The quantitative estimate of drug-likeness (QED) is 0.883. The second kappa shape index (κ2) is 7.56. The Hall–Kier alpha value is -2.89. The molecule has 0 spiro atoms. The molecule has 1 saturated heterocycles. The van der Waals surface area contributed by atoms with Gasteiger partial charge in [-0.15, -0.1) is 0 Å². The van der Waals surface area contributed by atoms with Gasteiger partial charge >= 0.3 is 5.97 Å². The number of hydrogen-bond acceptors (Lipinski definition) is 3. The zero-order chi connectivity index (χ0) is 18.7. The van der Waals surface area contributed by atoms with Crippen LogP contribution in [0.25, 0.3) is 0 Å². The zero-order valence-corrected chi connectivity index (χ0v) is 14.7. The number of carbonyl (C=O) groups is 2. The van der Waals surface area contributed by atoms with Crippen molar-refractivity contribution in [3.8, 4) is 0 Å². The number of carboxylic acids is 1. The molecule has 136 valence electrons. The Morgan fingerprint density at radius 2 is 2.04 bits per heavy atom. The summed E-state index contributed by atoms with van der Waals surface area (Å²) in [5.41, 5.74) is 2.07. The number of amides is 1. The first-order valence-electron chi connectivity index (χ1n) is 8.83. The molecule has 0 bridgehead atoms. The Kier molecular flexibility index (Phi) is 5.21. The lowest BCUT2D eigenvalue weighted by Gasteiger charge is -2.33. The van der Waals surface area contributed by atoms with Crippen LogP contribution in [-0.4, -0.2) is 40.0 Å². The largest absolute Gasteiger partial charge is 0.478 e. The average molecular weight is 354 g/mol. The Balaban J connectivity index is 1.81. The van der Waals surface area contributed by atoms with Crippen molar-refractivity contribution in [2.24, 2.45) is 0 Å². The first-order chi connectivity index (χ1) is 12.5. The molecule has 0 radical (unpaired) electrons. The molecule has 1 aromatic carbocycles. The fraction of sp³-hybridized carbons (Fsp3) is 0.350. The molecule has 1 aliphatic rings. The van der Waals surface area contributed by atoms with E-state index >= 15 is 0 Å². The number of piperidine rings is 1. The van der Waals surface area contributed by atoms with Gasteiger partial charge in [0.25, 0.3) is 5.91 Å². The standard InChI is InChI=1S/C20H22N2O4/c1-2-17-10-16(11-18(23)21-17)19(24)22-8-4-7-15(12-22)13-5-3-6-14(9-13)20(25)26/h3,5-6,9-11,15H,2,4,7-8,12H2,1H3,(H,21,23)(H,25,26)/t15-/m0/s1. The molecule has 2 heterocycles. The SMILES string of the molecule is CCc1cc(C(=O)N2CCC[C@H](c3cccc(C(=O)O)c3)C2)cc(=O)[nH]1. The summed E-state index contributed by atoms with van der Waals surface area (Å²) in [6.45, 7) is 3.09. The third-order valence-electron chi connectivity index (χ3n) is 4.84. The third kappa shape index (κ3) is 3.85. The summed E-state index contributed by atoms with van der Waals surface area (Å²) >= 11 is 0. The fourth-order valence-electron chi connectivity index (χ4n) is 3.46. The van der Waals surface area contributed by atoms with E-state index in [0.29, 0.717) is 25.1 Å². The van der Waals surface area contributed by atoms with Crippen LogP contribution in [0.3, 0.4) is 0 Å². The molecule has 2 N–H and O–H groups in total.